The summed E-state index contributed by atoms with van der Waals surface area (Å²) in [4.78, 5) is 51.7. The average molecular weight is 359 g/mol. The molecule has 0 unspecified atom stereocenters. The number of nitrogens with zero attached hydrogens (tertiary/aromatic N) is 3. The van der Waals surface area contributed by atoms with Crippen LogP contribution in [0.1, 0.15) is 55.7 Å². The Balaban J connectivity index is 1.51. The van der Waals surface area contributed by atoms with E-state index in [-0.39, 0.29) is 22.7 Å². The fourth-order valence-corrected chi connectivity index (χ4v) is 3.18. The molecule has 5 rings (SSSR count). The van der Waals surface area contributed by atoms with Crippen molar-refractivity contribution in [3.8, 4) is 0 Å². The van der Waals surface area contributed by atoms with Gasteiger partial charge in [0.15, 0.2) is 5.69 Å². The van der Waals surface area contributed by atoms with Gasteiger partial charge in [-0.3, -0.25) is 9.59 Å². The molecule has 2 aromatic carbocycles. The lowest BCUT2D eigenvalue weighted by Gasteiger charge is -2.14. The van der Waals surface area contributed by atoms with Crippen molar-refractivity contribution in [3.05, 3.63) is 71.0 Å². The number of aromatic nitrogens is 2. The van der Waals surface area contributed by atoms with Crippen molar-refractivity contribution in [1.82, 2.24) is 15.0 Å². The Morgan fingerprint density at radius 3 is 2.04 bits per heavy atom. The van der Waals surface area contributed by atoms with Crippen LogP contribution < -0.4 is 0 Å². The molecule has 2 amide bonds. The first-order chi connectivity index (χ1) is 13.1. The topological polar surface area (TPSA) is 89.5 Å². The number of rotatable bonds is 3. The molecule has 1 aliphatic carbocycles. The van der Waals surface area contributed by atoms with E-state index in [9.17, 15) is 14.4 Å². The number of carbonyl (C=O) groups excluding carboxylic acids is 3. The summed E-state index contributed by atoms with van der Waals surface area (Å²) in [5, 5.41) is 0.501. The van der Waals surface area contributed by atoms with Crippen LogP contribution in [0.25, 0.3) is 11.0 Å². The van der Waals surface area contributed by atoms with Gasteiger partial charge >= 0.3 is 5.97 Å². The van der Waals surface area contributed by atoms with E-state index in [2.05, 4.69) is 9.97 Å². The van der Waals surface area contributed by atoms with Crippen LogP contribution in [0.3, 0.4) is 0 Å². The molecule has 1 saturated carbocycles. The van der Waals surface area contributed by atoms with Crippen LogP contribution in [-0.2, 0) is 4.84 Å². The Kier molecular flexibility index (Phi) is 3.30. The molecule has 7 heteroatoms. The number of hydrogen-bond donors (Lipinski definition) is 0. The lowest BCUT2D eigenvalue weighted by molar-refractivity contribution is -0.0589. The maximum absolute atomic E-state index is 12.8. The van der Waals surface area contributed by atoms with Gasteiger partial charge in [-0.15, -0.1) is 0 Å². The highest BCUT2D eigenvalue weighted by molar-refractivity contribution is 6.21. The monoisotopic (exact) mass is 359 g/mol. The van der Waals surface area contributed by atoms with E-state index in [0.717, 1.165) is 12.8 Å². The summed E-state index contributed by atoms with van der Waals surface area (Å²) in [6, 6.07) is 13.6. The maximum atomic E-state index is 12.8. The van der Waals surface area contributed by atoms with Gasteiger partial charge in [0.1, 0.15) is 0 Å². The van der Waals surface area contributed by atoms with Crippen molar-refractivity contribution in [1.29, 1.82) is 0 Å². The Morgan fingerprint density at radius 1 is 0.889 bits per heavy atom. The summed E-state index contributed by atoms with van der Waals surface area (Å²) >= 11 is 0. The summed E-state index contributed by atoms with van der Waals surface area (Å²) in [5.41, 5.74) is 2.26. The average Bonchev–Trinajstić information content (AvgIpc) is 3.52. The zero-order chi connectivity index (χ0) is 18.5. The Bertz CT molecular complexity index is 1100. The second-order valence-corrected chi connectivity index (χ2v) is 6.55. The molecule has 0 saturated heterocycles. The number of carbonyl (C=O) groups is 3. The molecule has 1 aliphatic heterocycles. The summed E-state index contributed by atoms with van der Waals surface area (Å²) < 4.78 is 0. The number of imide groups is 1. The first-order valence-corrected chi connectivity index (χ1v) is 8.60. The minimum atomic E-state index is -0.857. The van der Waals surface area contributed by atoms with Crippen LogP contribution in [0.4, 0.5) is 0 Å². The molecule has 2 aliphatic rings. The number of para-hydroxylation sites is 2. The molecular weight excluding hydrogens is 346 g/mol. The van der Waals surface area contributed by atoms with E-state index in [1.54, 1.807) is 24.3 Å². The van der Waals surface area contributed by atoms with Gasteiger partial charge in [-0.1, -0.05) is 29.3 Å². The number of fused-ring (bicyclic) bond motifs is 2. The number of hydroxylamine groups is 2. The van der Waals surface area contributed by atoms with Crippen LogP contribution in [0, 0.1) is 0 Å². The lowest BCUT2D eigenvalue weighted by Crippen LogP contribution is -2.33. The molecular formula is C20H13N3O4. The SMILES string of the molecule is O=C(ON1C(=O)c2ccccc2C1=O)c1nc2ccccc2nc1C1CC1. The van der Waals surface area contributed by atoms with Crippen molar-refractivity contribution in [2.24, 2.45) is 0 Å². The predicted octanol–water partition coefficient (Wildman–Crippen LogP) is 2.88. The van der Waals surface area contributed by atoms with Crippen LogP contribution in [0.5, 0.6) is 0 Å². The molecule has 0 bridgehead atoms. The fraction of sp³-hybridized carbons (Fsp3) is 0.150. The molecule has 1 aromatic heterocycles. The Hall–Kier alpha value is -3.61. The molecule has 0 atom stereocenters. The van der Waals surface area contributed by atoms with Crippen molar-refractivity contribution in [2.45, 2.75) is 18.8 Å². The highest BCUT2D eigenvalue weighted by Crippen LogP contribution is 2.41. The Morgan fingerprint density at radius 2 is 1.44 bits per heavy atom. The predicted molar refractivity (Wildman–Crippen MR) is 93.9 cm³/mol. The van der Waals surface area contributed by atoms with Crippen molar-refractivity contribution < 1.29 is 19.2 Å². The molecule has 7 nitrogen and oxygen atoms in total. The number of benzene rings is 2. The number of hydrogen-bond acceptors (Lipinski definition) is 6. The smallest absolute Gasteiger partial charge is 0.322 e. The second-order valence-electron chi connectivity index (χ2n) is 6.55. The fourth-order valence-electron chi connectivity index (χ4n) is 3.18. The van der Waals surface area contributed by atoms with E-state index >= 15 is 0 Å². The van der Waals surface area contributed by atoms with E-state index in [4.69, 9.17) is 4.84 Å². The van der Waals surface area contributed by atoms with Gasteiger partial charge in [-0.25, -0.2) is 14.8 Å². The quantitative estimate of drug-likeness (QED) is 0.668. The molecule has 132 valence electrons. The largest absolute Gasteiger partial charge is 0.384 e. The highest BCUT2D eigenvalue weighted by Gasteiger charge is 2.40. The molecule has 27 heavy (non-hydrogen) atoms. The summed E-state index contributed by atoms with van der Waals surface area (Å²) in [7, 11) is 0. The van der Waals surface area contributed by atoms with Crippen molar-refractivity contribution >= 4 is 28.8 Å². The first kappa shape index (κ1) is 15.6. The lowest BCUT2D eigenvalue weighted by atomic mass is 10.1. The van der Waals surface area contributed by atoms with Gasteiger partial charge in [0.25, 0.3) is 11.8 Å². The molecule has 0 N–H and O–H groups in total. The zero-order valence-corrected chi connectivity index (χ0v) is 14.1. The van der Waals surface area contributed by atoms with E-state index in [1.165, 1.54) is 12.1 Å². The summed E-state index contributed by atoms with van der Waals surface area (Å²) in [6.07, 6.45) is 1.83. The van der Waals surface area contributed by atoms with Crippen molar-refractivity contribution in [3.63, 3.8) is 0 Å². The van der Waals surface area contributed by atoms with Crippen molar-refractivity contribution in [2.75, 3.05) is 0 Å². The van der Waals surface area contributed by atoms with Gasteiger partial charge < -0.3 is 4.84 Å². The summed E-state index contributed by atoms with van der Waals surface area (Å²) in [6.45, 7) is 0. The molecule has 0 spiro atoms. The van der Waals surface area contributed by atoms with Gasteiger partial charge in [-0.05, 0) is 37.1 Å². The highest BCUT2D eigenvalue weighted by atomic mass is 16.7. The van der Waals surface area contributed by atoms with E-state index in [0.29, 0.717) is 21.8 Å². The van der Waals surface area contributed by atoms with Gasteiger partial charge in [-0.2, -0.15) is 0 Å². The zero-order valence-electron chi connectivity index (χ0n) is 14.1. The van der Waals surface area contributed by atoms with Crippen LogP contribution >= 0.6 is 0 Å². The minimum Gasteiger partial charge on any atom is -0.322 e. The molecule has 3 aromatic rings. The number of amides is 2. The molecule has 1 fully saturated rings. The maximum Gasteiger partial charge on any atom is 0.384 e. The third-order valence-electron chi connectivity index (χ3n) is 4.69. The van der Waals surface area contributed by atoms with Crippen LogP contribution in [0.2, 0.25) is 0 Å². The first-order valence-electron chi connectivity index (χ1n) is 8.60. The van der Waals surface area contributed by atoms with Gasteiger partial charge in [0, 0.05) is 5.92 Å². The van der Waals surface area contributed by atoms with E-state index < -0.39 is 17.8 Å². The summed E-state index contributed by atoms with van der Waals surface area (Å²) in [5.74, 6) is -2.03. The van der Waals surface area contributed by atoms with Crippen LogP contribution in [-0.4, -0.2) is 32.8 Å². The molecule has 2 heterocycles. The normalized spacial score (nSPS) is 15.9. The van der Waals surface area contributed by atoms with E-state index in [1.807, 2.05) is 12.1 Å². The molecule has 0 radical (unpaired) electrons. The second kappa shape index (κ2) is 5.70. The third-order valence-corrected chi connectivity index (χ3v) is 4.69. The van der Waals surface area contributed by atoms with Gasteiger partial charge in [0.05, 0.1) is 27.9 Å². The minimum absolute atomic E-state index is 0.0488. The Labute approximate surface area is 153 Å². The van der Waals surface area contributed by atoms with Gasteiger partial charge in [0.2, 0.25) is 0 Å². The standard InChI is InChI=1S/C20H13N3O4/c24-18-12-5-1-2-6-13(12)19(25)23(18)27-20(26)17-16(11-9-10-11)21-14-7-3-4-8-15(14)22-17/h1-8,11H,9-10H2. The third kappa shape index (κ3) is 2.47. The van der Waals surface area contributed by atoms with Crippen LogP contribution in [0.15, 0.2) is 48.5 Å².